The Morgan fingerprint density at radius 3 is 2.81 bits per heavy atom. The van der Waals surface area contributed by atoms with Gasteiger partial charge in [-0.15, -0.1) is 0 Å². The third-order valence-electron chi connectivity index (χ3n) is 2.46. The standard InChI is InChI=1S/C13H20N2O/c1-4-14-9-13(16)15-11(3)12-7-5-6-10(2)8-12/h5-8,11,14H,4,9H2,1-3H3,(H,15,16)/t11-/m0/s1. The first kappa shape index (κ1) is 12.7. The fourth-order valence-corrected chi connectivity index (χ4v) is 1.55. The Balaban J connectivity index is 2.52. The molecule has 1 atom stereocenters. The molecule has 3 heteroatoms. The van der Waals surface area contributed by atoms with Gasteiger partial charge in [0.15, 0.2) is 0 Å². The average molecular weight is 220 g/mol. The van der Waals surface area contributed by atoms with Crippen LogP contribution >= 0.6 is 0 Å². The van der Waals surface area contributed by atoms with Crippen molar-refractivity contribution in [1.82, 2.24) is 10.6 Å². The Bertz CT molecular complexity index is 350. The molecule has 16 heavy (non-hydrogen) atoms. The minimum atomic E-state index is 0.0378. The van der Waals surface area contributed by atoms with E-state index < -0.39 is 0 Å². The molecule has 1 amide bonds. The molecule has 1 aromatic carbocycles. The highest BCUT2D eigenvalue weighted by atomic mass is 16.1. The summed E-state index contributed by atoms with van der Waals surface area (Å²) in [5.41, 5.74) is 2.36. The van der Waals surface area contributed by atoms with Gasteiger partial charge in [-0.2, -0.15) is 0 Å². The average Bonchev–Trinajstić information content (AvgIpc) is 2.26. The molecular weight excluding hydrogens is 200 g/mol. The summed E-state index contributed by atoms with van der Waals surface area (Å²) >= 11 is 0. The first-order chi connectivity index (χ1) is 7.63. The number of carbonyl (C=O) groups is 1. The smallest absolute Gasteiger partial charge is 0.234 e. The maximum atomic E-state index is 11.5. The summed E-state index contributed by atoms with van der Waals surface area (Å²) in [6, 6.07) is 8.25. The van der Waals surface area contributed by atoms with Crippen molar-refractivity contribution in [2.75, 3.05) is 13.1 Å². The number of likely N-dealkylation sites (N-methyl/N-ethyl adjacent to an activating group) is 1. The zero-order valence-corrected chi connectivity index (χ0v) is 10.2. The largest absolute Gasteiger partial charge is 0.348 e. The van der Waals surface area contributed by atoms with Crippen LogP contribution in [0.15, 0.2) is 24.3 Å². The van der Waals surface area contributed by atoms with Crippen molar-refractivity contribution in [2.24, 2.45) is 0 Å². The van der Waals surface area contributed by atoms with Crippen LogP contribution in [-0.2, 0) is 4.79 Å². The van der Waals surface area contributed by atoms with Crippen LogP contribution in [0.2, 0.25) is 0 Å². The van der Waals surface area contributed by atoms with E-state index in [9.17, 15) is 4.79 Å². The molecule has 0 saturated carbocycles. The highest BCUT2D eigenvalue weighted by molar-refractivity contribution is 5.78. The SMILES string of the molecule is CCNCC(=O)N[C@@H](C)c1cccc(C)c1. The normalized spacial score (nSPS) is 12.2. The topological polar surface area (TPSA) is 41.1 Å². The van der Waals surface area contributed by atoms with Crippen LogP contribution in [0, 0.1) is 6.92 Å². The molecule has 0 radical (unpaired) electrons. The van der Waals surface area contributed by atoms with E-state index in [4.69, 9.17) is 0 Å². The molecule has 0 aromatic heterocycles. The molecule has 0 aliphatic carbocycles. The number of carbonyl (C=O) groups excluding carboxylic acids is 1. The monoisotopic (exact) mass is 220 g/mol. The van der Waals surface area contributed by atoms with Crippen LogP contribution in [0.3, 0.4) is 0 Å². The van der Waals surface area contributed by atoms with Gasteiger partial charge in [-0.25, -0.2) is 0 Å². The second kappa shape index (κ2) is 6.28. The van der Waals surface area contributed by atoms with Gasteiger partial charge >= 0.3 is 0 Å². The lowest BCUT2D eigenvalue weighted by Gasteiger charge is -2.15. The molecule has 0 saturated heterocycles. The second-order valence-corrected chi connectivity index (χ2v) is 3.98. The molecule has 0 aliphatic rings. The van der Waals surface area contributed by atoms with Gasteiger partial charge in [0, 0.05) is 0 Å². The number of rotatable bonds is 5. The van der Waals surface area contributed by atoms with Crippen molar-refractivity contribution in [3.8, 4) is 0 Å². The molecule has 1 aromatic rings. The van der Waals surface area contributed by atoms with E-state index in [-0.39, 0.29) is 11.9 Å². The number of hydrogen-bond acceptors (Lipinski definition) is 2. The van der Waals surface area contributed by atoms with Gasteiger partial charge < -0.3 is 10.6 Å². The summed E-state index contributed by atoms with van der Waals surface area (Å²) < 4.78 is 0. The molecule has 0 heterocycles. The van der Waals surface area contributed by atoms with Gasteiger partial charge in [-0.3, -0.25) is 4.79 Å². The zero-order valence-electron chi connectivity index (χ0n) is 10.2. The van der Waals surface area contributed by atoms with Gasteiger partial charge in [0.1, 0.15) is 0 Å². The Morgan fingerprint density at radius 1 is 1.44 bits per heavy atom. The summed E-state index contributed by atoms with van der Waals surface area (Å²) in [5.74, 6) is 0.0378. The highest BCUT2D eigenvalue weighted by Gasteiger charge is 2.08. The predicted molar refractivity (Wildman–Crippen MR) is 66.3 cm³/mol. The van der Waals surface area contributed by atoms with Gasteiger partial charge in [-0.05, 0) is 26.0 Å². The van der Waals surface area contributed by atoms with Crippen molar-refractivity contribution in [3.05, 3.63) is 35.4 Å². The summed E-state index contributed by atoms with van der Waals surface area (Å²) in [4.78, 5) is 11.5. The molecule has 0 aliphatic heterocycles. The van der Waals surface area contributed by atoms with Crippen LogP contribution in [0.5, 0.6) is 0 Å². The van der Waals surface area contributed by atoms with Crippen LogP contribution in [0.25, 0.3) is 0 Å². The van der Waals surface area contributed by atoms with Crippen molar-refractivity contribution >= 4 is 5.91 Å². The molecule has 3 nitrogen and oxygen atoms in total. The van der Waals surface area contributed by atoms with Crippen LogP contribution in [-0.4, -0.2) is 19.0 Å². The predicted octanol–water partition coefficient (Wildman–Crippen LogP) is 1.78. The first-order valence-corrected chi connectivity index (χ1v) is 5.70. The summed E-state index contributed by atoms with van der Waals surface area (Å²) in [6.45, 7) is 7.23. The molecule has 2 N–H and O–H groups in total. The molecule has 0 bridgehead atoms. The maximum absolute atomic E-state index is 11.5. The number of amides is 1. The quantitative estimate of drug-likeness (QED) is 0.794. The lowest BCUT2D eigenvalue weighted by atomic mass is 10.1. The Kier molecular flexibility index (Phi) is 4.99. The maximum Gasteiger partial charge on any atom is 0.234 e. The third-order valence-corrected chi connectivity index (χ3v) is 2.46. The molecule has 1 rings (SSSR count). The summed E-state index contributed by atoms with van der Waals surface area (Å²) in [5, 5.41) is 5.96. The Labute approximate surface area is 97.2 Å². The van der Waals surface area contributed by atoms with E-state index in [2.05, 4.69) is 29.7 Å². The van der Waals surface area contributed by atoms with E-state index >= 15 is 0 Å². The van der Waals surface area contributed by atoms with E-state index in [0.717, 1.165) is 12.1 Å². The molecule has 0 fully saturated rings. The minimum Gasteiger partial charge on any atom is -0.348 e. The van der Waals surface area contributed by atoms with Crippen LogP contribution in [0.1, 0.15) is 31.0 Å². The minimum absolute atomic E-state index is 0.0378. The second-order valence-electron chi connectivity index (χ2n) is 3.98. The summed E-state index contributed by atoms with van der Waals surface area (Å²) in [6.07, 6.45) is 0. The fraction of sp³-hybridized carbons (Fsp3) is 0.462. The van der Waals surface area contributed by atoms with Crippen molar-refractivity contribution in [1.29, 1.82) is 0 Å². The van der Waals surface area contributed by atoms with E-state index in [1.165, 1.54) is 5.56 Å². The van der Waals surface area contributed by atoms with Gasteiger partial charge in [-0.1, -0.05) is 36.8 Å². The number of hydrogen-bond donors (Lipinski definition) is 2. The fourth-order valence-electron chi connectivity index (χ4n) is 1.55. The molecular formula is C13H20N2O. The van der Waals surface area contributed by atoms with E-state index in [0.29, 0.717) is 6.54 Å². The van der Waals surface area contributed by atoms with Gasteiger partial charge in [0.05, 0.1) is 12.6 Å². The third kappa shape index (κ3) is 4.03. The van der Waals surface area contributed by atoms with Crippen molar-refractivity contribution in [3.63, 3.8) is 0 Å². The van der Waals surface area contributed by atoms with Gasteiger partial charge in [0.25, 0.3) is 0 Å². The lowest BCUT2D eigenvalue weighted by Crippen LogP contribution is -2.35. The number of nitrogens with one attached hydrogen (secondary N) is 2. The molecule has 0 unspecified atom stereocenters. The molecule has 88 valence electrons. The van der Waals surface area contributed by atoms with Crippen molar-refractivity contribution in [2.45, 2.75) is 26.8 Å². The molecule has 0 spiro atoms. The Morgan fingerprint density at radius 2 is 2.19 bits per heavy atom. The summed E-state index contributed by atoms with van der Waals surface area (Å²) in [7, 11) is 0. The Hall–Kier alpha value is -1.35. The highest BCUT2D eigenvalue weighted by Crippen LogP contribution is 2.13. The first-order valence-electron chi connectivity index (χ1n) is 5.70. The van der Waals surface area contributed by atoms with Gasteiger partial charge in [0.2, 0.25) is 5.91 Å². The zero-order chi connectivity index (χ0) is 12.0. The number of benzene rings is 1. The van der Waals surface area contributed by atoms with Crippen molar-refractivity contribution < 1.29 is 4.79 Å². The van der Waals surface area contributed by atoms with Crippen LogP contribution in [0.4, 0.5) is 0 Å². The van der Waals surface area contributed by atoms with Crippen LogP contribution < -0.4 is 10.6 Å². The number of aryl methyl sites for hydroxylation is 1. The van der Waals surface area contributed by atoms with E-state index in [1.807, 2.05) is 26.0 Å². The lowest BCUT2D eigenvalue weighted by molar-refractivity contribution is -0.120. The van der Waals surface area contributed by atoms with E-state index in [1.54, 1.807) is 0 Å².